The van der Waals surface area contributed by atoms with E-state index in [-0.39, 0.29) is 5.82 Å². The van der Waals surface area contributed by atoms with Crippen LogP contribution in [0.15, 0.2) is 18.2 Å². The van der Waals surface area contributed by atoms with Crippen LogP contribution in [0.2, 0.25) is 0 Å². The van der Waals surface area contributed by atoms with Crippen LogP contribution in [0.25, 0.3) is 0 Å². The lowest BCUT2D eigenvalue weighted by molar-refractivity contribution is 0.623. The van der Waals surface area contributed by atoms with E-state index in [4.69, 9.17) is 0 Å². The third-order valence-corrected chi connectivity index (χ3v) is 1.84. The molecule has 1 saturated carbocycles. The minimum absolute atomic E-state index is 0.232. The molecule has 0 unspecified atom stereocenters. The molecule has 0 atom stereocenters. The third-order valence-electron chi connectivity index (χ3n) is 1.84. The molecule has 1 radical (unpaired) electrons. The summed E-state index contributed by atoms with van der Waals surface area (Å²) in [6, 6.07) is 7.67. The number of rotatable bonds is 1. The molecule has 1 aliphatic rings. The molecule has 2 rings (SSSR count). The second kappa shape index (κ2) is 2.08. The SMILES string of the molecule is Fc1[c]ccc(C2CC2)c1. The van der Waals surface area contributed by atoms with E-state index in [0.717, 1.165) is 5.56 Å². The zero-order valence-corrected chi connectivity index (χ0v) is 5.60. The molecule has 0 bridgehead atoms. The predicted molar refractivity (Wildman–Crippen MR) is 37.2 cm³/mol. The van der Waals surface area contributed by atoms with E-state index in [1.807, 2.05) is 6.07 Å². The van der Waals surface area contributed by atoms with Crippen molar-refractivity contribution in [1.82, 2.24) is 0 Å². The summed E-state index contributed by atoms with van der Waals surface area (Å²) in [6.07, 6.45) is 2.45. The summed E-state index contributed by atoms with van der Waals surface area (Å²) in [5.41, 5.74) is 1.14. The van der Waals surface area contributed by atoms with Gasteiger partial charge in [0.15, 0.2) is 0 Å². The highest BCUT2D eigenvalue weighted by Gasteiger charge is 2.23. The second-order valence-electron chi connectivity index (χ2n) is 2.74. The quantitative estimate of drug-likeness (QED) is 0.555. The van der Waals surface area contributed by atoms with Crippen LogP contribution in [0, 0.1) is 11.9 Å². The topological polar surface area (TPSA) is 0 Å². The summed E-state index contributed by atoms with van der Waals surface area (Å²) < 4.78 is 12.5. The Balaban J connectivity index is 2.32. The molecule has 10 heavy (non-hydrogen) atoms. The molecule has 51 valence electrons. The van der Waals surface area contributed by atoms with E-state index in [0.29, 0.717) is 5.92 Å². The van der Waals surface area contributed by atoms with Gasteiger partial charge < -0.3 is 0 Å². The van der Waals surface area contributed by atoms with Crippen molar-refractivity contribution in [1.29, 1.82) is 0 Å². The molecular formula is C9H8F. The zero-order chi connectivity index (χ0) is 6.97. The monoisotopic (exact) mass is 135 g/mol. The van der Waals surface area contributed by atoms with Crippen LogP contribution in [0.5, 0.6) is 0 Å². The fourth-order valence-electron chi connectivity index (χ4n) is 1.12. The minimum Gasteiger partial charge on any atom is -0.206 e. The van der Waals surface area contributed by atoms with E-state index in [1.165, 1.54) is 12.8 Å². The first-order chi connectivity index (χ1) is 4.86. The number of hydrogen-bond donors (Lipinski definition) is 0. The normalized spacial score (nSPS) is 17.3. The van der Waals surface area contributed by atoms with Crippen molar-refractivity contribution in [3.05, 3.63) is 35.6 Å². The van der Waals surface area contributed by atoms with Crippen LogP contribution in [-0.2, 0) is 0 Å². The Labute approximate surface area is 59.7 Å². The fraction of sp³-hybridized carbons (Fsp3) is 0.333. The summed E-state index contributed by atoms with van der Waals surface area (Å²) in [7, 11) is 0. The summed E-state index contributed by atoms with van der Waals surface area (Å²) in [6.45, 7) is 0. The molecule has 1 aromatic rings. The van der Waals surface area contributed by atoms with Crippen molar-refractivity contribution in [3.63, 3.8) is 0 Å². The van der Waals surface area contributed by atoms with Gasteiger partial charge in [0, 0.05) is 6.07 Å². The molecule has 0 amide bonds. The lowest BCUT2D eigenvalue weighted by Gasteiger charge is -1.94. The van der Waals surface area contributed by atoms with E-state index < -0.39 is 0 Å². The Morgan fingerprint density at radius 1 is 1.50 bits per heavy atom. The van der Waals surface area contributed by atoms with Crippen molar-refractivity contribution in [2.75, 3.05) is 0 Å². The van der Waals surface area contributed by atoms with E-state index in [2.05, 4.69) is 6.07 Å². The van der Waals surface area contributed by atoms with Crippen molar-refractivity contribution in [2.24, 2.45) is 0 Å². The van der Waals surface area contributed by atoms with Gasteiger partial charge in [-0.25, -0.2) is 4.39 Å². The van der Waals surface area contributed by atoms with E-state index in [9.17, 15) is 4.39 Å². The third kappa shape index (κ3) is 1.04. The predicted octanol–water partition coefficient (Wildman–Crippen LogP) is 2.50. The molecule has 0 spiro atoms. The standard InChI is InChI=1S/C9H8F/c10-9-3-1-2-8(6-9)7-4-5-7/h1-2,6-7H,4-5H2. The van der Waals surface area contributed by atoms with Crippen LogP contribution >= 0.6 is 0 Å². The smallest absolute Gasteiger partial charge is 0.131 e. The fourth-order valence-corrected chi connectivity index (χ4v) is 1.12. The van der Waals surface area contributed by atoms with Gasteiger partial charge in [0.25, 0.3) is 0 Å². The van der Waals surface area contributed by atoms with E-state index in [1.54, 1.807) is 12.1 Å². The van der Waals surface area contributed by atoms with Crippen molar-refractivity contribution < 1.29 is 4.39 Å². The highest BCUT2D eigenvalue weighted by Crippen LogP contribution is 2.39. The molecule has 1 heteroatoms. The Hall–Kier alpha value is -0.850. The second-order valence-corrected chi connectivity index (χ2v) is 2.74. The molecule has 1 fully saturated rings. The Kier molecular flexibility index (Phi) is 1.23. The summed E-state index contributed by atoms with van der Waals surface area (Å²) >= 11 is 0. The first-order valence-corrected chi connectivity index (χ1v) is 3.53. The molecule has 0 aliphatic heterocycles. The van der Waals surface area contributed by atoms with Gasteiger partial charge in [0.1, 0.15) is 5.82 Å². The van der Waals surface area contributed by atoms with Crippen molar-refractivity contribution in [2.45, 2.75) is 18.8 Å². The Bertz CT molecular complexity index is 238. The zero-order valence-electron chi connectivity index (χ0n) is 5.60. The molecular weight excluding hydrogens is 127 g/mol. The highest BCUT2D eigenvalue weighted by molar-refractivity contribution is 5.23. The van der Waals surface area contributed by atoms with Crippen LogP contribution in [0.4, 0.5) is 4.39 Å². The molecule has 0 heterocycles. The van der Waals surface area contributed by atoms with Crippen molar-refractivity contribution >= 4 is 0 Å². The Morgan fingerprint density at radius 3 is 2.90 bits per heavy atom. The van der Waals surface area contributed by atoms with Gasteiger partial charge in [-0.3, -0.25) is 0 Å². The molecule has 0 nitrogen and oxygen atoms in total. The largest absolute Gasteiger partial charge is 0.206 e. The lowest BCUT2D eigenvalue weighted by atomic mass is 10.1. The molecule has 1 aromatic carbocycles. The minimum atomic E-state index is -0.232. The maximum atomic E-state index is 12.5. The summed E-state index contributed by atoms with van der Waals surface area (Å²) in [5.74, 6) is 0.411. The highest BCUT2D eigenvalue weighted by atomic mass is 19.1. The van der Waals surface area contributed by atoms with Gasteiger partial charge in [-0.05, 0) is 30.4 Å². The van der Waals surface area contributed by atoms with Gasteiger partial charge in [-0.2, -0.15) is 0 Å². The maximum Gasteiger partial charge on any atom is 0.131 e. The molecule has 1 aliphatic carbocycles. The number of halogens is 1. The summed E-state index contributed by atoms with van der Waals surface area (Å²) in [5, 5.41) is 0. The van der Waals surface area contributed by atoms with Crippen LogP contribution in [0.1, 0.15) is 24.3 Å². The van der Waals surface area contributed by atoms with Crippen molar-refractivity contribution in [3.8, 4) is 0 Å². The van der Waals surface area contributed by atoms with Gasteiger partial charge in [-0.1, -0.05) is 12.1 Å². The van der Waals surface area contributed by atoms with E-state index >= 15 is 0 Å². The number of benzene rings is 1. The first kappa shape index (κ1) is 5.90. The lowest BCUT2D eigenvalue weighted by Crippen LogP contribution is -1.80. The molecule has 0 N–H and O–H groups in total. The van der Waals surface area contributed by atoms with Gasteiger partial charge in [0.05, 0.1) is 0 Å². The average molecular weight is 135 g/mol. The Morgan fingerprint density at radius 2 is 2.30 bits per heavy atom. The number of hydrogen-bond acceptors (Lipinski definition) is 0. The van der Waals surface area contributed by atoms with Crippen LogP contribution in [-0.4, -0.2) is 0 Å². The molecule has 0 saturated heterocycles. The average Bonchev–Trinajstić information content (AvgIpc) is 2.68. The van der Waals surface area contributed by atoms with Gasteiger partial charge in [-0.15, -0.1) is 0 Å². The molecule has 0 aromatic heterocycles. The maximum absolute atomic E-state index is 12.5. The first-order valence-electron chi connectivity index (χ1n) is 3.53. The van der Waals surface area contributed by atoms with Gasteiger partial charge in [0.2, 0.25) is 0 Å². The van der Waals surface area contributed by atoms with Gasteiger partial charge >= 0.3 is 0 Å². The summed E-state index contributed by atoms with van der Waals surface area (Å²) in [4.78, 5) is 0. The van der Waals surface area contributed by atoms with Crippen LogP contribution in [0.3, 0.4) is 0 Å². The van der Waals surface area contributed by atoms with Crippen LogP contribution < -0.4 is 0 Å².